The molecule has 1 amide bonds. The van der Waals surface area contributed by atoms with Gasteiger partial charge in [0.2, 0.25) is 0 Å². The predicted molar refractivity (Wildman–Crippen MR) is 119 cm³/mol. The average molecular weight is 468 g/mol. The Kier molecular flexibility index (Phi) is 7.07. The lowest BCUT2D eigenvalue weighted by atomic mass is 10.1. The van der Waals surface area contributed by atoms with Crippen molar-refractivity contribution in [1.29, 1.82) is 5.26 Å². The molecular weight excluding hydrogens is 452 g/mol. The molecule has 0 heterocycles. The predicted octanol–water partition coefficient (Wildman–Crippen LogP) is 6.23. The number of nitrogens with one attached hydrogen (secondary N) is 1. The number of hydrogen-bond donors (Lipinski definition) is 1. The molecule has 0 aromatic heterocycles. The molecule has 3 aromatic carbocycles. The molecule has 0 spiro atoms. The Morgan fingerprint density at radius 1 is 1.03 bits per heavy atom. The molecule has 3 rings (SSSR count). The summed E-state index contributed by atoms with van der Waals surface area (Å²) in [4.78, 5) is 12.3. The summed E-state index contributed by atoms with van der Waals surface area (Å²) in [7, 11) is 0. The molecule has 0 atom stereocenters. The molecule has 4 nitrogen and oxygen atoms in total. The van der Waals surface area contributed by atoms with Crippen molar-refractivity contribution in [3.05, 3.63) is 99.0 Å². The summed E-state index contributed by atoms with van der Waals surface area (Å²) in [5.74, 6) is 0.222. The van der Waals surface area contributed by atoms with Gasteiger partial charge in [-0.3, -0.25) is 4.79 Å². The molecule has 0 fully saturated rings. The second-order valence-corrected chi connectivity index (χ2v) is 7.47. The van der Waals surface area contributed by atoms with Gasteiger partial charge in [0.05, 0.1) is 0 Å². The standard InChI is InChI=1S/C23H16BrClN2O2/c24-19-5-1-17(2-6-19)15-29-22-11-3-16(4-12-22)13-18(14-26)23(28)27-21-9-7-20(25)8-10-21/h1-13H,15H2,(H,27,28). The molecular formula is C23H16BrClN2O2. The molecule has 0 aliphatic rings. The van der Waals surface area contributed by atoms with Gasteiger partial charge >= 0.3 is 0 Å². The molecule has 6 heteroatoms. The van der Waals surface area contributed by atoms with Gasteiger partial charge in [0.15, 0.2) is 0 Å². The number of nitriles is 1. The average Bonchev–Trinajstić information content (AvgIpc) is 2.74. The molecule has 0 radical (unpaired) electrons. The zero-order valence-electron chi connectivity index (χ0n) is 15.2. The summed E-state index contributed by atoms with van der Waals surface area (Å²) < 4.78 is 6.78. The van der Waals surface area contributed by atoms with E-state index in [9.17, 15) is 10.1 Å². The van der Waals surface area contributed by atoms with Crippen molar-refractivity contribution in [1.82, 2.24) is 0 Å². The number of ether oxygens (including phenoxy) is 1. The van der Waals surface area contributed by atoms with E-state index in [1.807, 2.05) is 30.3 Å². The third kappa shape index (κ3) is 6.21. The second-order valence-electron chi connectivity index (χ2n) is 6.12. The molecule has 0 saturated carbocycles. The van der Waals surface area contributed by atoms with Gasteiger partial charge in [0.25, 0.3) is 5.91 Å². The Hall–Kier alpha value is -3.07. The van der Waals surface area contributed by atoms with Crippen LogP contribution in [0.15, 0.2) is 82.8 Å². The van der Waals surface area contributed by atoms with Gasteiger partial charge < -0.3 is 10.1 Å². The number of nitrogens with zero attached hydrogens (tertiary/aromatic N) is 1. The fourth-order valence-electron chi connectivity index (χ4n) is 2.45. The monoisotopic (exact) mass is 466 g/mol. The van der Waals surface area contributed by atoms with E-state index in [-0.39, 0.29) is 5.57 Å². The molecule has 29 heavy (non-hydrogen) atoms. The summed E-state index contributed by atoms with van der Waals surface area (Å²) in [6, 6.07) is 23.7. The number of hydrogen-bond acceptors (Lipinski definition) is 3. The molecule has 0 bridgehead atoms. The van der Waals surface area contributed by atoms with Crippen LogP contribution in [0.25, 0.3) is 6.08 Å². The first-order chi connectivity index (χ1) is 14.0. The Bertz CT molecular complexity index is 1050. The van der Waals surface area contributed by atoms with Gasteiger partial charge in [-0.2, -0.15) is 5.26 Å². The number of benzene rings is 3. The number of carbonyl (C=O) groups excluding carboxylic acids is 1. The number of carbonyl (C=O) groups is 1. The highest BCUT2D eigenvalue weighted by Crippen LogP contribution is 2.18. The van der Waals surface area contributed by atoms with E-state index >= 15 is 0 Å². The van der Waals surface area contributed by atoms with Gasteiger partial charge in [-0.1, -0.05) is 51.8 Å². The van der Waals surface area contributed by atoms with Crippen LogP contribution < -0.4 is 10.1 Å². The van der Waals surface area contributed by atoms with E-state index in [4.69, 9.17) is 16.3 Å². The van der Waals surface area contributed by atoms with Crippen molar-refractivity contribution in [2.45, 2.75) is 6.61 Å². The Labute approximate surface area is 182 Å². The summed E-state index contributed by atoms with van der Waals surface area (Å²) >= 11 is 9.24. The van der Waals surface area contributed by atoms with Crippen LogP contribution in [0.5, 0.6) is 5.75 Å². The lowest BCUT2D eigenvalue weighted by Crippen LogP contribution is -2.13. The second kappa shape index (κ2) is 9.92. The molecule has 0 saturated heterocycles. The third-order valence-corrected chi connectivity index (χ3v) is 4.76. The Balaban J connectivity index is 1.63. The van der Waals surface area contributed by atoms with Gasteiger partial charge in [0, 0.05) is 15.2 Å². The quantitative estimate of drug-likeness (QED) is 0.345. The van der Waals surface area contributed by atoms with Crippen LogP contribution >= 0.6 is 27.5 Å². The number of halogens is 2. The lowest BCUT2D eigenvalue weighted by molar-refractivity contribution is -0.112. The minimum absolute atomic E-state index is 0.00322. The first-order valence-electron chi connectivity index (χ1n) is 8.69. The number of rotatable bonds is 6. The van der Waals surface area contributed by atoms with E-state index in [1.54, 1.807) is 48.5 Å². The van der Waals surface area contributed by atoms with E-state index in [1.165, 1.54) is 6.08 Å². The highest BCUT2D eigenvalue weighted by molar-refractivity contribution is 9.10. The minimum Gasteiger partial charge on any atom is -0.489 e. The molecule has 3 aromatic rings. The van der Waals surface area contributed by atoms with Gasteiger partial charge in [0.1, 0.15) is 24.0 Å². The maximum absolute atomic E-state index is 12.3. The van der Waals surface area contributed by atoms with Crippen molar-refractivity contribution < 1.29 is 9.53 Å². The van der Waals surface area contributed by atoms with Gasteiger partial charge in [-0.05, 0) is 65.7 Å². The molecule has 0 aliphatic carbocycles. The fraction of sp³-hybridized carbons (Fsp3) is 0.0435. The highest BCUT2D eigenvalue weighted by Gasteiger charge is 2.09. The SMILES string of the molecule is N#CC(=Cc1ccc(OCc2ccc(Br)cc2)cc1)C(=O)Nc1ccc(Cl)cc1. The smallest absolute Gasteiger partial charge is 0.266 e. The van der Waals surface area contributed by atoms with E-state index < -0.39 is 5.91 Å². The minimum atomic E-state index is -0.481. The first kappa shape index (κ1) is 20.7. The molecule has 144 valence electrons. The van der Waals surface area contributed by atoms with Crippen LogP contribution in [0, 0.1) is 11.3 Å². The van der Waals surface area contributed by atoms with E-state index in [0.29, 0.717) is 23.1 Å². The maximum Gasteiger partial charge on any atom is 0.266 e. The van der Waals surface area contributed by atoms with Crippen LogP contribution in [0.4, 0.5) is 5.69 Å². The summed E-state index contributed by atoms with van der Waals surface area (Å²) in [6.07, 6.45) is 1.53. The summed E-state index contributed by atoms with van der Waals surface area (Å²) in [5.41, 5.74) is 2.35. The summed E-state index contributed by atoms with van der Waals surface area (Å²) in [6.45, 7) is 0.454. The Morgan fingerprint density at radius 2 is 1.69 bits per heavy atom. The van der Waals surface area contributed by atoms with Gasteiger partial charge in [-0.25, -0.2) is 0 Å². The van der Waals surface area contributed by atoms with E-state index in [0.717, 1.165) is 15.6 Å². The van der Waals surface area contributed by atoms with Crippen LogP contribution in [0.2, 0.25) is 5.02 Å². The molecule has 1 N–H and O–H groups in total. The van der Waals surface area contributed by atoms with Crippen molar-refractivity contribution in [2.75, 3.05) is 5.32 Å². The lowest BCUT2D eigenvalue weighted by Gasteiger charge is -2.07. The van der Waals surface area contributed by atoms with Crippen LogP contribution in [-0.2, 0) is 11.4 Å². The normalized spacial score (nSPS) is 10.9. The van der Waals surface area contributed by atoms with E-state index in [2.05, 4.69) is 21.2 Å². The van der Waals surface area contributed by atoms with Crippen molar-refractivity contribution >= 4 is 45.2 Å². The summed E-state index contributed by atoms with van der Waals surface area (Å²) in [5, 5.41) is 12.6. The van der Waals surface area contributed by atoms with Crippen LogP contribution in [-0.4, -0.2) is 5.91 Å². The van der Waals surface area contributed by atoms with Crippen molar-refractivity contribution in [3.8, 4) is 11.8 Å². The third-order valence-electron chi connectivity index (χ3n) is 3.98. The topological polar surface area (TPSA) is 62.1 Å². The van der Waals surface area contributed by atoms with Crippen molar-refractivity contribution in [2.24, 2.45) is 0 Å². The molecule has 0 aliphatic heterocycles. The van der Waals surface area contributed by atoms with Crippen molar-refractivity contribution in [3.63, 3.8) is 0 Å². The zero-order chi connectivity index (χ0) is 20.6. The maximum atomic E-state index is 12.3. The zero-order valence-corrected chi connectivity index (χ0v) is 17.6. The largest absolute Gasteiger partial charge is 0.489 e. The Morgan fingerprint density at radius 3 is 2.31 bits per heavy atom. The number of amides is 1. The number of anilines is 1. The van der Waals surface area contributed by atoms with Crippen LogP contribution in [0.3, 0.4) is 0 Å². The van der Waals surface area contributed by atoms with Crippen LogP contribution in [0.1, 0.15) is 11.1 Å². The fourth-order valence-corrected chi connectivity index (χ4v) is 2.84. The van der Waals surface area contributed by atoms with Gasteiger partial charge in [-0.15, -0.1) is 0 Å². The molecule has 0 unspecified atom stereocenters. The first-order valence-corrected chi connectivity index (χ1v) is 9.86. The highest BCUT2D eigenvalue weighted by atomic mass is 79.9.